The molecule has 0 radical (unpaired) electrons. The van der Waals surface area contributed by atoms with Crippen LogP contribution < -0.4 is 5.32 Å². The van der Waals surface area contributed by atoms with E-state index in [0.29, 0.717) is 11.5 Å². The highest BCUT2D eigenvalue weighted by atomic mass is 35.5. The molecule has 1 fully saturated rings. The summed E-state index contributed by atoms with van der Waals surface area (Å²) >= 11 is 5.89. The summed E-state index contributed by atoms with van der Waals surface area (Å²) in [5.41, 5.74) is 0.331. The second kappa shape index (κ2) is 6.36. The van der Waals surface area contributed by atoms with Crippen molar-refractivity contribution in [2.24, 2.45) is 5.92 Å². The third kappa shape index (κ3) is 3.98. The molecule has 1 aliphatic carbocycles. The number of hydrogen-bond donors (Lipinski definition) is 1. The van der Waals surface area contributed by atoms with Crippen molar-refractivity contribution in [1.82, 2.24) is 5.32 Å². The van der Waals surface area contributed by atoms with E-state index in [1.54, 1.807) is 6.07 Å². The number of sulfone groups is 1. The molecule has 1 N–H and O–H groups in total. The molecule has 1 saturated carbocycles. The Bertz CT molecular complexity index is 642. The first-order chi connectivity index (χ1) is 9.79. The van der Waals surface area contributed by atoms with Gasteiger partial charge in [0.15, 0.2) is 9.84 Å². The maximum absolute atomic E-state index is 12.3. The standard InChI is InChI=1S/C15H20ClNO3S/c1-10-5-3-4-6-13(10)17-15(18)11-7-8-12(16)14(9-11)21(2,19)20/h7-10,13H,3-6H2,1-2H3,(H,17,18)/t10-,13-/m0/s1. The minimum atomic E-state index is -3.45. The Morgan fingerprint density at radius 3 is 2.57 bits per heavy atom. The minimum absolute atomic E-state index is 0.00601. The van der Waals surface area contributed by atoms with E-state index >= 15 is 0 Å². The van der Waals surface area contributed by atoms with E-state index in [4.69, 9.17) is 11.6 Å². The Balaban J connectivity index is 2.20. The number of amides is 1. The highest BCUT2D eigenvalue weighted by Crippen LogP contribution is 2.25. The number of benzene rings is 1. The van der Waals surface area contributed by atoms with Crippen molar-refractivity contribution in [3.05, 3.63) is 28.8 Å². The SMILES string of the molecule is C[C@H]1CCCC[C@@H]1NC(=O)c1ccc(Cl)c(S(C)(=O)=O)c1. The van der Waals surface area contributed by atoms with Gasteiger partial charge in [-0.3, -0.25) is 4.79 Å². The van der Waals surface area contributed by atoms with E-state index < -0.39 is 9.84 Å². The zero-order valence-corrected chi connectivity index (χ0v) is 13.8. The first-order valence-corrected chi connectivity index (χ1v) is 9.36. The van der Waals surface area contributed by atoms with Crippen LogP contribution in [0.1, 0.15) is 43.0 Å². The fraction of sp³-hybridized carbons (Fsp3) is 0.533. The molecular formula is C15H20ClNO3S. The number of hydrogen-bond acceptors (Lipinski definition) is 3. The van der Waals surface area contributed by atoms with Crippen molar-refractivity contribution >= 4 is 27.3 Å². The molecule has 0 spiro atoms. The van der Waals surface area contributed by atoms with E-state index in [1.807, 2.05) is 0 Å². The number of carbonyl (C=O) groups is 1. The molecule has 0 aromatic heterocycles. The highest BCUT2D eigenvalue weighted by molar-refractivity contribution is 7.90. The summed E-state index contributed by atoms with van der Waals surface area (Å²) in [6.07, 6.45) is 5.48. The zero-order valence-electron chi connectivity index (χ0n) is 12.2. The van der Waals surface area contributed by atoms with Crippen molar-refractivity contribution in [1.29, 1.82) is 0 Å². The molecule has 0 aliphatic heterocycles. The molecule has 2 rings (SSSR count). The van der Waals surface area contributed by atoms with Gasteiger partial charge < -0.3 is 5.32 Å². The molecule has 6 heteroatoms. The predicted octanol–water partition coefficient (Wildman–Crippen LogP) is 3.05. The maximum atomic E-state index is 12.3. The lowest BCUT2D eigenvalue weighted by molar-refractivity contribution is 0.0910. The molecule has 21 heavy (non-hydrogen) atoms. The van der Waals surface area contributed by atoms with Crippen molar-refractivity contribution in [3.63, 3.8) is 0 Å². The smallest absolute Gasteiger partial charge is 0.251 e. The lowest BCUT2D eigenvalue weighted by Gasteiger charge is -2.29. The fourth-order valence-electron chi connectivity index (χ4n) is 2.71. The molecule has 0 saturated heterocycles. The Kier molecular flexibility index (Phi) is 4.94. The monoisotopic (exact) mass is 329 g/mol. The van der Waals surface area contributed by atoms with Gasteiger partial charge in [0.1, 0.15) is 0 Å². The summed E-state index contributed by atoms with van der Waals surface area (Å²) in [6.45, 7) is 2.13. The van der Waals surface area contributed by atoms with Crippen molar-refractivity contribution in [2.75, 3.05) is 6.26 Å². The largest absolute Gasteiger partial charge is 0.349 e. The van der Waals surface area contributed by atoms with Gasteiger partial charge in [-0.2, -0.15) is 0 Å². The van der Waals surface area contributed by atoms with Gasteiger partial charge in [0, 0.05) is 17.9 Å². The minimum Gasteiger partial charge on any atom is -0.349 e. The molecule has 0 unspecified atom stereocenters. The lowest BCUT2D eigenvalue weighted by Crippen LogP contribution is -2.41. The van der Waals surface area contributed by atoms with Gasteiger partial charge in [0.2, 0.25) is 0 Å². The van der Waals surface area contributed by atoms with Crippen LogP contribution in [0.2, 0.25) is 5.02 Å². The third-order valence-electron chi connectivity index (χ3n) is 4.02. The molecule has 1 amide bonds. The molecule has 2 atom stereocenters. The first-order valence-electron chi connectivity index (χ1n) is 7.09. The molecule has 1 aromatic carbocycles. The summed E-state index contributed by atoms with van der Waals surface area (Å²) in [5, 5.41) is 3.15. The van der Waals surface area contributed by atoms with Crippen molar-refractivity contribution in [3.8, 4) is 0 Å². The molecule has 1 aliphatic rings. The Morgan fingerprint density at radius 2 is 1.95 bits per heavy atom. The number of carbonyl (C=O) groups excluding carboxylic acids is 1. The van der Waals surface area contributed by atoms with Gasteiger partial charge in [-0.25, -0.2) is 8.42 Å². The van der Waals surface area contributed by atoms with Crippen LogP contribution in [0.5, 0.6) is 0 Å². The van der Waals surface area contributed by atoms with Crippen LogP contribution in [-0.2, 0) is 9.84 Å². The van der Waals surface area contributed by atoms with Crippen LogP contribution in [-0.4, -0.2) is 26.6 Å². The second-order valence-corrected chi connectivity index (χ2v) is 8.15. The van der Waals surface area contributed by atoms with Gasteiger partial charge in [-0.1, -0.05) is 31.4 Å². The van der Waals surface area contributed by atoms with E-state index in [1.165, 1.54) is 18.6 Å². The molecule has 116 valence electrons. The summed E-state index contributed by atoms with van der Waals surface area (Å²) in [6, 6.07) is 4.51. The molecular weight excluding hydrogens is 310 g/mol. The number of halogens is 1. The number of nitrogens with one attached hydrogen (secondary N) is 1. The zero-order chi connectivity index (χ0) is 15.6. The topological polar surface area (TPSA) is 63.2 Å². The van der Waals surface area contributed by atoms with Gasteiger partial charge in [-0.15, -0.1) is 0 Å². The summed E-state index contributed by atoms with van der Waals surface area (Å²) < 4.78 is 23.3. The Morgan fingerprint density at radius 1 is 1.29 bits per heavy atom. The summed E-state index contributed by atoms with van der Waals surface area (Å²) in [7, 11) is -3.45. The van der Waals surface area contributed by atoms with Gasteiger partial charge >= 0.3 is 0 Å². The van der Waals surface area contributed by atoms with Crippen molar-refractivity contribution in [2.45, 2.75) is 43.5 Å². The fourth-order valence-corrected chi connectivity index (χ4v) is 4.01. The third-order valence-corrected chi connectivity index (χ3v) is 5.60. The Labute approximate surface area is 130 Å². The van der Waals surface area contributed by atoms with Gasteiger partial charge in [0.05, 0.1) is 9.92 Å². The van der Waals surface area contributed by atoms with Crippen LogP contribution >= 0.6 is 11.6 Å². The molecule has 0 heterocycles. The van der Waals surface area contributed by atoms with Crippen LogP contribution in [0.4, 0.5) is 0 Å². The van der Waals surface area contributed by atoms with Crippen molar-refractivity contribution < 1.29 is 13.2 Å². The van der Waals surface area contributed by atoms with E-state index in [-0.39, 0.29) is 21.9 Å². The van der Waals surface area contributed by atoms with Crippen LogP contribution in [0.25, 0.3) is 0 Å². The highest BCUT2D eigenvalue weighted by Gasteiger charge is 2.24. The van der Waals surface area contributed by atoms with E-state index in [9.17, 15) is 13.2 Å². The van der Waals surface area contributed by atoms with Crippen LogP contribution in [0.15, 0.2) is 23.1 Å². The molecule has 4 nitrogen and oxygen atoms in total. The van der Waals surface area contributed by atoms with Crippen LogP contribution in [0.3, 0.4) is 0 Å². The summed E-state index contributed by atoms with van der Waals surface area (Å²) in [5.74, 6) is 0.208. The summed E-state index contributed by atoms with van der Waals surface area (Å²) in [4.78, 5) is 12.3. The first kappa shape index (κ1) is 16.3. The predicted molar refractivity (Wildman–Crippen MR) is 83.4 cm³/mol. The second-order valence-electron chi connectivity index (χ2n) is 5.76. The average Bonchev–Trinajstić information content (AvgIpc) is 2.40. The molecule has 0 bridgehead atoms. The van der Waals surface area contributed by atoms with Gasteiger partial charge in [-0.05, 0) is 37.0 Å². The molecule has 1 aromatic rings. The Hall–Kier alpha value is -1.07. The lowest BCUT2D eigenvalue weighted by atomic mass is 9.86. The maximum Gasteiger partial charge on any atom is 0.251 e. The number of rotatable bonds is 3. The van der Waals surface area contributed by atoms with Gasteiger partial charge in [0.25, 0.3) is 5.91 Å². The van der Waals surface area contributed by atoms with E-state index in [2.05, 4.69) is 12.2 Å². The quantitative estimate of drug-likeness (QED) is 0.927. The van der Waals surface area contributed by atoms with E-state index in [0.717, 1.165) is 25.5 Å². The van der Waals surface area contributed by atoms with Crippen LogP contribution in [0, 0.1) is 5.92 Å². The normalized spacial score (nSPS) is 22.8. The average molecular weight is 330 g/mol.